The van der Waals surface area contributed by atoms with E-state index in [2.05, 4.69) is 25.1 Å². The lowest BCUT2D eigenvalue weighted by molar-refractivity contribution is 0.628. The molecule has 0 aliphatic carbocycles. The van der Waals surface area contributed by atoms with Crippen LogP contribution in [0.15, 0.2) is 46.8 Å². The molecule has 7 nitrogen and oxygen atoms in total. The topological polar surface area (TPSA) is 92.2 Å². The Labute approximate surface area is 138 Å². The van der Waals surface area contributed by atoms with Crippen LogP contribution in [0.3, 0.4) is 0 Å². The third-order valence-corrected chi connectivity index (χ3v) is 4.26. The molecule has 0 unspecified atom stereocenters. The number of nitrogens with one attached hydrogen (secondary N) is 2. The SMILES string of the molecule is O=c1[nH]nc(Cn2ccnc2-c2nc(-c3ccc(F)cc3)cs2)[nH]1. The molecule has 120 valence electrons. The van der Waals surface area contributed by atoms with Crippen molar-refractivity contribution in [1.82, 2.24) is 29.7 Å². The number of H-pyrrole nitrogens is 2. The first-order valence-corrected chi connectivity index (χ1v) is 7.93. The highest BCUT2D eigenvalue weighted by atomic mass is 32.1. The lowest BCUT2D eigenvalue weighted by atomic mass is 10.2. The van der Waals surface area contributed by atoms with Gasteiger partial charge in [-0.05, 0) is 24.3 Å². The molecular formula is C15H11FN6OS. The van der Waals surface area contributed by atoms with E-state index in [0.29, 0.717) is 18.2 Å². The molecule has 0 saturated heterocycles. The standard InChI is InChI=1S/C15H11FN6OS/c16-10-3-1-9(2-4-10)11-8-24-14(18-11)13-17-5-6-22(13)7-12-19-15(23)21-20-12/h1-6,8H,7H2,(H2,19,20,21,23). The van der Waals surface area contributed by atoms with E-state index in [0.717, 1.165) is 16.3 Å². The number of aromatic nitrogens is 6. The van der Waals surface area contributed by atoms with Crippen LogP contribution in [0.2, 0.25) is 0 Å². The van der Waals surface area contributed by atoms with E-state index in [1.54, 1.807) is 24.5 Å². The predicted molar refractivity (Wildman–Crippen MR) is 87.0 cm³/mol. The fourth-order valence-corrected chi connectivity index (χ4v) is 3.14. The summed E-state index contributed by atoms with van der Waals surface area (Å²) in [6.07, 6.45) is 3.46. The minimum absolute atomic E-state index is 0.280. The van der Waals surface area contributed by atoms with Crippen molar-refractivity contribution in [3.8, 4) is 22.1 Å². The van der Waals surface area contributed by atoms with Crippen LogP contribution in [0.4, 0.5) is 4.39 Å². The summed E-state index contributed by atoms with van der Waals surface area (Å²) in [4.78, 5) is 22.6. The molecule has 4 rings (SSSR count). The monoisotopic (exact) mass is 342 g/mol. The summed E-state index contributed by atoms with van der Waals surface area (Å²) in [7, 11) is 0. The zero-order chi connectivity index (χ0) is 16.5. The van der Waals surface area contributed by atoms with E-state index in [9.17, 15) is 9.18 Å². The average molecular weight is 342 g/mol. The van der Waals surface area contributed by atoms with Crippen LogP contribution in [0.1, 0.15) is 5.82 Å². The Morgan fingerprint density at radius 1 is 1.25 bits per heavy atom. The summed E-state index contributed by atoms with van der Waals surface area (Å²) in [6, 6.07) is 6.19. The Balaban J connectivity index is 1.64. The van der Waals surface area contributed by atoms with Crippen LogP contribution in [0, 0.1) is 5.82 Å². The van der Waals surface area contributed by atoms with Gasteiger partial charge in [0.25, 0.3) is 0 Å². The molecular weight excluding hydrogens is 331 g/mol. The molecule has 0 aliphatic rings. The molecule has 0 radical (unpaired) electrons. The van der Waals surface area contributed by atoms with Crippen LogP contribution < -0.4 is 5.69 Å². The fraction of sp³-hybridized carbons (Fsp3) is 0.0667. The quantitative estimate of drug-likeness (QED) is 0.595. The van der Waals surface area contributed by atoms with Gasteiger partial charge in [0.05, 0.1) is 12.2 Å². The maximum Gasteiger partial charge on any atom is 0.340 e. The summed E-state index contributed by atoms with van der Waals surface area (Å²) in [5, 5.41) is 8.86. The summed E-state index contributed by atoms with van der Waals surface area (Å²) in [5.74, 6) is 0.907. The number of hydrogen-bond donors (Lipinski definition) is 2. The first-order valence-electron chi connectivity index (χ1n) is 7.05. The third-order valence-electron chi connectivity index (χ3n) is 3.42. The van der Waals surface area contributed by atoms with Gasteiger partial charge in [0, 0.05) is 23.3 Å². The molecule has 0 saturated carbocycles. The van der Waals surface area contributed by atoms with Gasteiger partial charge in [0.1, 0.15) is 5.82 Å². The minimum Gasteiger partial charge on any atom is -0.321 e. The number of benzene rings is 1. The lowest BCUT2D eigenvalue weighted by Crippen LogP contribution is -2.05. The van der Waals surface area contributed by atoms with E-state index in [4.69, 9.17) is 0 Å². The number of rotatable bonds is 4. The molecule has 0 spiro atoms. The molecule has 0 atom stereocenters. The van der Waals surface area contributed by atoms with Crippen molar-refractivity contribution in [3.63, 3.8) is 0 Å². The highest BCUT2D eigenvalue weighted by Gasteiger charge is 2.13. The molecule has 0 bridgehead atoms. The zero-order valence-electron chi connectivity index (χ0n) is 12.2. The highest BCUT2D eigenvalue weighted by Crippen LogP contribution is 2.28. The fourth-order valence-electron chi connectivity index (χ4n) is 2.31. The second kappa shape index (κ2) is 5.85. The maximum atomic E-state index is 13.0. The van der Waals surface area contributed by atoms with E-state index < -0.39 is 0 Å². The Hall–Kier alpha value is -3.07. The number of aromatic amines is 2. The average Bonchev–Trinajstić information content (AvgIpc) is 3.29. The van der Waals surface area contributed by atoms with Gasteiger partial charge in [-0.25, -0.2) is 24.3 Å². The van der Waals surface area contributed by atoms with Crippen molar-refractivity contribution >= 4 is 11.3 Å². The maximum absolute atomic E-state index is 13.0. The smallest absolute Gasteiger partial charge is 0.321 e. The first-order chi connectivity index (χ1) is 11.7. The van der Waals surface area contributed by atoms with Gasteiger partial charge in [-0.1, -0.05) is 0 Å². The van der Waals surface area contributed by atoms with Crippen LogP contribution in [-0.4, -0.2) is 29.7 Å². The summed E-state index contributed by atoms with van der Waals surface area (Å²) < 4.78 is 14.9. The van der Waals surface area contributed by atoms with Gasteiger partial charge in [0.15, 0.2) is 16.7 Å². The van der Waals surface area contributed by atoms with Crippen LogP contribution in [0.5, 0.6) is 0 Å². The molecule has 4 aromatic rings. The largest absolute Gasteiger partial charge is 0.340 e. The molecule has 0 amide bonds. The van der Waals surface area contributed by atoms with Crippen molar-refractivity contribution in [2.75, 3.05) is 0 Å². The van der Waals surface area contributed by atoms with Crippen molar-refractivity contribution in [1.29, 1.82) is 0 Å². The van der Waals surface area contributed by atoms with E-state index in [-0.39, 0.29) is 11.5 Å². The normalized spacial score (nSPS) is 11.0. The number of imidazole rings is 1. The molecule has 0 fully saturated rings. The Kier molecular flexibility index (Phi) is 3.54. The highest BCUT2D eigenvalue weighted by molar-refractivity contribution is 7.13. The van der Waals surface area contributed by atoms with Gasteiger partial charge in [0.2, 0.25) is 0 Å². The third kappa shape index (κ3) is 2.76. The van der Waals surface area contributed by atoms with Crippen molar-refractivity contribution < 1.29 is 4.39 Å². The molecule has 2 N–H and O–H groups in total. The zero-order valence-corrected chi connectivity index (χ0v) is 13.0. The summed E-state index contributed by atoms with van der Waals surface area (Å²) in [5.41, 5.74) is 1.26. The minimum atomic E-state index is -0.348. The van der Waals surface area contributed by atoms with Gasteiger partial charge < -0.3 is 4.57 Å². The van der Waals surface area contributed by atoms with Crippen LogP contribution in [0.25, 0.3) is 22.1 Å². The van der Waals surface area contributed by atoms with Crippen molar-refractivity contribution in [3.05, 3.63) is 64.2 Å². The van der Waals surface area contributed by atoms with Gasteiger partial charge >= 0.3 is 5.69 Å². The van der Waals surface area contributed by atoms with Crippen molar-refractivity contribution in [2.24, 2.45) is 0 Å². The Bertz CT molecular complexity index is 1030. The number of thiazole rings is 1. The number of hydrogen-bond acceptors (Lipinski definition) is 5. The second-order valence-corrected chi connectivity index (χ2v) is 5.91. The lowest BCUT2D eigenvalue weighted by Gasteiger charge is -2.02. The van der Waals surface area contributed by atoms with E-state index >= 15 is 0 Å². The predicted octanol–water partition coefficient (Wildman–Crippen LogP) is 2.27. The van der Waals surface area contributed by atoms with Crippen LogP contribution >= 0.6 is 11.3 Å². The molecule has 24 heavy (non-hydrogen) atoms. The molecule has 9 heteroatoms. The van der Waals surface area contributed by atoms with Gasteiger partial charge in [-0.3, -0.25) is 4.98 Å². The van der Waals surface area contributed by atoms with Crippen LogP contribution in [-0.2, 0) is 6.54 Å². The number of halogens is 1. The Morgan fingerprint density at radius 2 is 2.08 bits per heavy atom. The summed E-state index contributed by atoms with van der Waals surface area (Å²) in [6.45, 7) is 0.375. The van der Waals surface area contributed by atoms with E-state index in [1.165, 1.54) is 23.5 Å². The molecule has 1 aromatic carbocycles. The number of nitrogens with zero attached hydrogens (tertiary/aromatic N) is 4. The van der Waals surface area contributed by atoms with Gasteiger partial charge in [-0.2, -0.15) is 5.10 Å². The summed E-state index contributed by atoms with van der Waals surface area (Å²) >= 11 is 1.45. The van der Waals surface area contributed by atoms with E-state index in [1.807, 2.05) is 9.95 Å². The second-order valence-electron chi connectivity index (χ2n) is 5.05. The molecule has 3 aromatic heterocycles. The molecule has 0 aliphatic heterocycles. The van der Waals surface area contributed by atoms with Gasteiger partial charge in [-0.15, -0.1) is 11.3 Å². The molecule has 3 heterocycles. The Morgan fingerprint density at radius 3 is 2.83 bits per heavy atom. The first kappa shape index (κ1) is 14.5. The van der Waals surface area contributed by atoms with Crippen molar-refractivity contribution in [2.45, 2.75) is 6.54 Å².